The number of Topliss-reactive ketones (excluding diaryl/α,β-unsaturated/α-hetero) is 2. The number of nitrogens with zero attached hydrogens (tertiary/aromatic N) is 1. The molecule has 3 rings (SSSR count). The lowest BCUT2D eigenvalue weighted by molar-refractivity contribution is -0.137. The number of esters is 1. The summed E-state index contributed by atoms with van der Waals surface area (Å²) in [6, 6.07) is 5.81. The third-order valence-electron chi connectivity index (χ3n) is 5.46. The van der Waals surface area contributed by atoms with E-state index in [9.17, 15) is 14.4 Å². The number of rotatable bonds is 10. The first-order valence-electron chi connectivity index (χ1n) is 10.9. The Kier molecular flexibility index (Phi) is 8.29. The number of aromatic nitrogens is 1. The van der Waals surface area contributed by atoms with Crippen LogP contribution >= 0.6 is 11.3 Å². The van der Waals surface area contributed by atoms with E-state index in [2.05, 4.69) is 4.98 Å². The van der Waals surface area contributed by atoms with Gasteiger partial charge in [0.2, 0.25) is 0 Å². The van der Waals surface area contributed by atoms with Gasteiger partial charge in [-0.1, -0.05) is 36.6 Å². The number of thiazole rings is 1. The molecule has 0 N–H and O–H groups in total. The number of ether oxygens (including phenoxy) is 1. The van der Waals surface area contributed by atoms with Crippen LogP contribution in [0.4, 0.5) is 0 Å². The zero-order valence-electron chi connectivity index (χ0n) is 18.2. The summed E-state index contributed by atoms with van der Waals surface area (Å²) in [4.78, 5) is 41.6. The van der Waals surface area contributed by atoms with E-state index in [1.807, 2.05) is 30.5 Å². The van der Waals surface area contributed by atoms with Crippen LogP contribution < -0.4 is 0 Å². The average Bonchev–Trinajstić information content (AvgIpc) is 3.41. The van der Waals surface area contributed by atoms with Gasteiger partial charge in [0, 0.05) is 35.8 Å². The van der Waals surface area contributed by atoms with Crippen molar-refractivity contribution in [2.45, 2.75) is 58.8 Å². The minimum atomic E-state index is -0.366. The first-order valence-corrected chi connectivity index (χ1v) is 11.8. The van der Waals surface area contributed by atoms with Crippen molar-refractivity contribution in [3.8, 4) is 0 Å². The summed E-state index contributed by atoms with van der Waals surface area (Å²) < 4.78 is 4.85. The molecule has 31 heavy (non-hydrogen) atoms. The van der Waals surface area contributed by atoms with Crippen LogP contribution in [0.3, 0.4) is 0 Å². The highest BCUT2D eigenvalue weighted by Gasteiger charge is 2.26. The fourth-order valence-corrected chi connectivity index (χ4v) is 4.75. The Labute approximate surface area is 187 Å². The third-order valence-corrected chi connectivity index (χ3v) is 6.36. The largest absolute Gasteiger partial charge is 0.463 e. The number of allylic oxidation sites excluding steroid dienone is 1. The van der Waals surface area contributed by atoms with E-state index < -0.39 is 0 Å². The van der Waals surface area contributed by atoms with Crippen molar-refractivity contribution >= 4 is 28.9 Å². The molecule has 1 aliphatic carbocycles. The van der Waals surface area contributed by atoms with Crippen LogP contribution in [0.2, 0.25) is 0 Å². The highest BCUT2D eigenvalue weighted by atomic mass is 32.1. The number of carbonyl (C=O) groups excluding carboxylic acids is 3. The second-order valence-corrected chi connectivity index (χ2v) is 8.93. The third kappa shape index (κ3) is 6.69. The molecule has 1 heterocycles. The monoisotopic (exact) mass is 439 g/mol. The molecule has 6 heteroatoms. The van der Waals surface area contributed by atoms with E-state index in [0.29, 0.717) is 18.6 Å². The molecule has 1 saturated carbocycles. The predicted molar refractivity (Wildman–Crippen MR) is 121 cm³/mol. The Bertz CT molecular complexity index is 970. The molecular formula is C25H29NO4S. The molecule has 164 valence electrons. The summed E-state index contributed by atoms with van der Waals surface area (Å²) >= 11 is 1.44. The second kappa shape index (κ2) is 11.1. The molecule has 0 atom stereocenters. The maximum absolute atomic E-state index is 13.0. The lowest BCUT2D eigenvalue weighted by Crippen LogP contribution is -2.16. The van der Waals surface area contributed by atoms with Gasteiger partial charge in [0.05, 0.1) is 18.7 Å². The number of hydrogen-bond acceptors (Lipinski definition) is 6. The summed E-state index contributed by atoms with van der Waals surface area (Å²) in [5, 5.41) is 2.65. The van der Waals surface area contributed by atoms with E-state index in [1.165, 1.54) is 17.4 Å². The van der Waals surface area contributed by atoms with E-state index >= 15 is 0 Å². The number of benzene rings is 1. The quantitative estimate of drug-likeness (QED) is 0.301. The van der Waals surface area contributed by atoms with Crippen LogP contribution in [0.1, 0.15) is 64.8 Å². The van der Waals surface area contributed by atoms with Gasteiger partial charge in [0.1, 0.15) is 10.8 Å². The van der Waals surface area contributed by atoms with Crippen LogP contribution in [0, 0.1) is 12.8 Å². The zero-order chi connectivity index (χ0) is 22.2. The van der Waals surface area contributed by atoms with Gasteiger partial charge in [-0.05, 0) is 38.3 Å². The van der Waals surface area contributed by atoms with Gasteiger partial charge in [0.25, 0.3) is 0 Å². The van der Waals surface area contributed by atoms with Gasteiger partial charge < -0.3 is 4.74 Å². The molecule has 0 spiro atoms. The molecule has 0 saturated heterocycles. The molecule has 0 aliphatic heterocycles. The highest BCUT2D eigenvalue weighted by Crippen LogP contribution is 2.29. The summed E-state index contributed by atoms with van der Waals surface area (Å²) in [6.07, 6.45) is 8.24. The van der Waals surface area contributed by atoms with E-state index in [-0.39, 0.29) is 36.3 Å². The number of ketones is 2. The summed E-state index contributed by atoms with van der Waals surface area (Å²) in [7, 11) is 0. The standard InChI is InChI=1S/C25H29NO4S/c1-3-30-24(28)10-6-9-20-16-31-23(26-20)15-21(27)14-19-12-11-17(2)13-22(19)25(29)18-7-4-5-8-18/h6,10-13,16,18H,3-5,7-9,14-15H2,1-2H3/b10-6+. The van der Waals surface area contributed by atoms with Crippen molar-refractivity contribution in [1.29, 1.82) is 0 Å². The minimum Gasteiger partial charge on any atom is -0.463 e. The van der Waals surface area contributed by atoms with Gasteiger partial charge in [-0.3, -0.25) is 9.59 Å². The molecule has 1 aliphatic rings. The Morgan fingerprint density at radius 1 is 1.19 bits per heavy atom. The second-order valence-electron chi connectivity index (χ2n) is 7.99. The molecule has 2 aromatic rings. The smallest absolute Gasteiger partial charge is 0.330 e. The van der Waals surface area contributed by atoms with Crippen molar-refractivity contribution in [2.75, 3.05) is 6.61 Å². The normalized spacial score (nSPS) is 14.3. The molecule has 1 fully saturated rings. The maximum Gasteiger partial charge on any atom is 0.330 e. The molecule has 0 unspecified atom stereocenters. The maximum atomic E-state index is 13.0. The predicted octanol–water partition coefficient (Wildman–Crippen LogP) is 4.84. The van der Waals surface area contributed by atoms with Gasteiger partial charge in [-0.25, -0.2) is 9.78 Å². The van der Waals surface area contributed by atoms with E-state index in [1.54, 1.807) is 13.0 Å². The molecule has 1 aromatic heterocycles. The van der Waals surface area contributed by atoms with Crippen LogP contribution in [0.15, 0.2) is 35.7 Å². The number of hydrogen-bond donors (Lipinski definition) is 0. The Morgan fingerprint density at radius 2 is 1.97 bits per heavy atom. The first-order chi connectivity index (χ1) is 15.0. The fourth-order valence-electron chi connectivity index (χ4n) is 3.92. The van der Waals surface area contributed by atoms with E-state index in [4.69, 9.17) is 4.74 Å². The van der Waals surface area contributed by atoms with Crippen molar-refractivity contribution in [1.82, 2.24) is 4.98 Å². The van der Waals surface area contributed by atoms with Gasteiger partial charge in [-0.15, -0.1) is 11.3 Å². The average molecular weight is 440 g/mol. The van der Waals surface area contributed by atoms with E-state index in [0.717, 1.165) is 47.5 Å². The topological polar surface area (TPSA) is 73.3 Å². The summed E-state index contributed by atoms with van der Waals surface area (Å²) in [5.74, 6) is -0.0322. The van der Waals surface area contributed by atoms with Gasteiger partial charge >= 0.3 is 5.97 Å². The SMILES string of the molecule is CCOC(=O)/C=C/Cc1csc(CC(=O)Cc2ccc(C)cc2C(=O)C2CCCC2)n1. The zero-order valence-corrected chi connectivity index (χ0v) is 19.0. The van der Waals surface area contributed by atoms with Crippen LogP contribution in [0.5, 0.6) is 0 Å². The molecule has 0 amide bonds. The minimum absolute atomic E-state index is 0.0484. The van der Waals surface area contributed by atoms with Crippen LogP contribution in [-0.2, 0) is 33.6 Å². The van der Waals surface area contributed by atoms with Crippen molar-refractivity contribution < 1.29 is 19.1 Å². The molecule has 1 aromatic carbocycles. The summed E-state index contributed by atoms with van der Waals surface area (Å²) in [6.45, 7) is 4.09. The van der Waals surface area contributed by atoms with Crippen molar-refractivity contribution in [3.63, 3.8) is 0 Å². The Balaban J connectivity index is 1.61. The van der Waals surface area contributed by atoms with Gasteiger partial charge in [-0.2, -0.15) is 0 Å². The fraction of sp³-hybridized carbons (Fsp3) is 0.440. The summed E-state index contributed by atoms with van der Waals surface area (Å²) in [5.41, 5.74) is 3.39. The molecule has 0 radical (unpaired) electrons. The number of aryl methyl sites for hydroxylation is 1. The highest BCUT2D eigenvalue weighted by molar-refractivity contribution is 7.09. The van der Waals surface area contributed by atoms with Gasteiger partial charge in [0.15, 0.2) is 5.78 Å². The number of carbonyl (C=O) groups is 3. The Hall–Kier alpha value is -2.60. The lowest BCUT2D eigenvalue weighted by Gasteiger charge is -2.13. The molecule has 5 nitrogen and oxygen atoms in total. The van der Waals surface area contributed by atoms with Crippen molar-refractivity contribution in [3.05, 3.63) is 63.1 Å². The van der Waals surface area contributed by atoms with Crippen LogP contribution in [-0.4, -0.2) is 29.1 Å². The Morgan fingerprint density at radius 3 is 2.71 bits per heavy atom. The molecular weight excluding hydrogens is 410 g/mol. The first kappa shape index (κ1) is 23.1. The van der Waals surface area contributed by atoms with Crippen LogP contribution in [0.25, 0.3) is 0 Å². The lowest BCUT2D eigenvalue weighted by atomic mass is 9.90. The molecule has 0 bridgehead atoms. The van der Waals surface area contributed by atoms with Crippen molar-refractivity contribution in [2.24, 2.45) is 5.92 Å².